The zero-order valence-electron chi connectivity index (χ0n) is 10.8. The molecule has 2 saturated heterocycles. The van der Waals surface area contributed by atoms with Crippen molar-refractivity contribution in [3.8, 4) is 0 Å². The minimum absolute atomic E-state index is 0.618. The summed E-state index contributed by atoms with van der Waals surface area (Å²) in [5.74, 6) is 0.872. The maximum atomic E-state index is 5.99. The first-order chi connectivity index (χ1) is 8.74. The summed E-state index contributed by atoms with van der Waals surface area (Å²) in [6.07, 6.45) is 5.78. The minimum atomic E-state index is 0.618. The number of hydrogen-bond acceptors (Lipinski definition) is 3. The third-order valence-electron chi connectivity index (χ3n) is 4.34. The smallest absolute Gasteiger partial charge is 0.132 e. The number of rotatable bonds is 1. The molecule has 0 spiro atoms. The second-order valence-corrected chi connectivity index (χ2v) is 5.83. The van der Waals surface area contributed by atoms with Crippen molar-refractivity contribution >= 4 is 17.3 Å². The quantitative estimate of drug-likeness (QED) is 0.792. The molecule has 0 amide bonds. The summed E-state index contributed by atoms with van der Waals surface area (Å²) >= 11 is 5.99. The van der Waals surface area contributed by atoms with Crippen LogP contribution in [0.15, 0.2) is 12.3 Å². The van der Waals surface area contributed by atoms with E-state index in [4.69, 9.17) is 11.6 Å². The van der Waals surface area contributed by atoms with Gasteiger partial charge in [0.05, 0.1) is 11.9 Å². The van der Waals surface area contributed by atoms with E-state index in [1.165, 1.54) is 31.5 Å². The van der Waals surface area contributed by atoms with Crippen molar-refractivity contribution in [2.75, 3.05) is 24.5 Å². The summed E-state index contributed by atoms with van der Waals surface area (Å²) in [7, 11) is 0. The van der Waals surface area contributed by atoms with E-state index in [9.17, 15) is 0 Å². The largest absolute Gasteiger partial charge is 0.370 e. The standard InChI is InChI=1S/C14H20ClN3/c1-10-8-12(9-17-14(10)15)18-6-3-11-2-5-16-13(11)4-7-18/h8-9,11,13,16H,2-7H2,1H3. The first-order valence-electron chi connectivity index (χ1n) is 6.84. The molecule has 4 heteroatoms. The molecule has 2 aliphatic rings. The number of halogens is 1. The molecule has 2 unspecified atom stereocenters. The van der Waals surface area contributed by atoms with Crippen molar-refractivity contribution < 1.29 is 0 Å². The molecule has 2 aliphatic heterocycles. The molecular formula is C14H20ClN3. The Balaban J connectivity index is 1.74. The van der Waals surface area contributed by atoms with Crippen molar-refractivity contribution in [3.05, 3.63) is 23.0 Å². The minimum Gasteiger partial charge on any atom is -0.370 e. The molecule has 0 saturated carbocycles. The van der Waals surface area contributed by atoms with Crippen LogP contribution in [0.5, 0.6) is 0 Å². The van der Waals surface area contributed by atoms with Crippen LogP contribution >= 0.6 is 11.6 Å². The van der Waals surface area contributed by atoms with Gasteiger partial charge in [-0.15, -0.1) is 0 Å². The molecule has 0 radical (unpaired) electrons. The van der Waals surface area contributed by atoms with Crippen LogP contribution in [0, 0.1) is 12.8 Å². The van der Waals surface area contributed by atoms with Gasteiger partial charge in [-0.25, -0.2) is 4.98 Å². The molecule has 3 heterocycles. The fraction of sp³-hybridized carbons (Fsp3) is 0.643. The average Bonchev–Trinajstić information content (AvgIpc) is 2.72. The Hall–Kier alpha value is -0.800. The van der Waals surface area contributed by atoms with Gasteiger partial charge in [0, 0.05) is 19.1 Å². The number of nitrogens with one attached hydrogen (secondary N) is 1. The third-order valence-corrected chi connectivity index (χ3v) is 4.73. The van der Waals surface area contributed by atoms with E-state index >= 15 is 0 Å². The van der Waals surface area contributed by atoms with Crippen molar-refractivity contribution in [3.63, 3.8) is 0 Å². The van der Waals surface area contributed by atoms with E-state index < -0.39 is 0 Å². The number of aromatic nitrogens is 1. The lowest BCUT2D eigenvalue weighted by atomic mass is 9.96. The average molecular weight is 266 g/mol. The summed E-state index contributed by atoms with van der Waals surface area (Å²) in [6.45, 7) is 5.49. The molecule has 2 fully saturated rings. The molecule has 0 bridgehead atoms. The molecule has 3 nitrogen and oxygen atoms in total. The molecule has 2 atom stereocenters. The van der Waals surface area contributed by atoms with Gasteiger partial charge in [-0.05, 0) is 50.3 Å². The first kappa shape index (κ1) is 12.2. The molecule has 98 valence electrons. The second-order valence-electron chi connectivity index (χ2n) is 5.47. The Morgan fingerprint density at radius 1 is 1.33 bits per heavy atom. The molecule has 0 aromatic carbocycles. The highest BCUT2D eigenvalue weighted by Crippen LogP contribution is 2.28. The fourth-order valence-electron chi connectivity index (χ4n) is 3.21. The zero-order valence-corrected chi connectivity index (χ0v) is 11.6. The molecule has 3 rings (SSSR count). The number of hydrogen-bond donors (Lipinski definition) is 1. The molecule has 18 heavy (non-hydrogen) atoms. The van der Waals surface area contributed by atoms with Crippen molar-refractivity contribution in [2.45, 2.75) is 32.2 Å². The van der Waals surface area contributed by atoms with Gasteiger partial charge in [0.15, 0.2) is 0 Å². The van der Waals surface area contributed by atoms with E-state index in [1.54, 1.807) is 0 Å². The van der Waals surface area contributed by atoms with Gasteiger partial charge in [0.1, 0.15) is 5.15 Å². The van der Waals surface area contributed by atoms with Gasteiger partial charge in [0.2, 0.25) is 0 Å². The predicted octanol–water partition coefficient (Wildman–Crippen LogP) is 2.62. The third kappa shape index (κ3) is 2.34. The van der Waals surface area contributed by atoms with Crippen LogP contribution in [-0.2, 0) is 0 Å². The number of aryl methyl sites for hydroxylation is 1. The number of nitrogens with zero attached hydrogens (tertiary/aromatic N) is 2. The summed E-state index contributed by atoms with van der Waals surface area (Å²) in [4.78, 5) is 6.72. The topological polar surface area (TPSA) is 28.2 Å². The molecule has 1 N–H and O–H groups in total. The van der Waals surface area contributed by atoms with Crippen LogP contribution in [0.1, 0.15) is 24.8 Å². The zero-order chi connectivity index (χ0) is 12.5. The van der Waals surface area contributed by atoms with Gasteiger partial charge in [-0.1, -0.05) is 11.6 Å². The highest BCUT2D eigenvalue weighted by molar-refractivity contribution is 6.30. The van der Waals surface area contributed by atoms with Crippen molar-refractivity contribution in [2.24, 2.45) is 5.92 Å². The maximum Gasteiger partial charge on any atom is 0.132 e. The van der Waals surface area contributed by atoms with Crippen LogP contribution in [0.2, 0.25) is 5.15 Å². The van der Waals surface area contributed by atoms with Crippen LogP contribution in [-0.4, -0.2) is 30.7 Å². The normalized spacial score (nSPS) is 28.0. The first-order valence-corrected chi connectivity index (χ1v) is 7.22. The SMILES string of the molecule is Cc1cc(N2CCC3CCNC3CC2)cnc1Cl. The van der Waals surface area contributed by atoms with Crippen LogP contribution in [0.3, 0.4) is 0 Å². The van der Waals surface area contributed by atoms with Crippen molar-refractivity contribution in [1.29, 1.82) is 0 Å². The monoisotopic (exact) mass is 265 g/mol. The van der Waals surface area contributed by atoms with Gasteiger partial charge in [-0.3, -0.25) is 0 Å². The number of fused-ring (bicyclic) bond motifs is 1. The van der Waals surface area contributed by atoms with E-state index in [-0.39, 0.29) is 0 Å². The van der Waals surface area contributed by atoms with Crippen LogP contribution in [0.25, 0.3) is 0 Å². The lowest BCUT2D eigenvalue weighted by molar-refractivity contribution is 0.436. The second kappa shape index (κ2) is 5.06. The summed E-state index contributed by atoms with van der Waals surface area (Å²) < 4.78 is 0. The Morgan fingerprint density at radius 2 is 2.17 bits per heavy atom. The van der Waals surface area contributed by atoms with Gasteiger partial charge in [0.25, 0.3) is 0 Å². The van der Waals surface area contributed by atoms with Gasteiger partial charge < -0.3 is 10.2 Å². The lowest BCUT2D eigenvalue weighted by Crippen LogP contribution is -2.28. The summed E-state index contributed by atoms with van der Waals surface area (Å²) in [5.41, 5.74) is 2.29. The van der Waals surface area contributed by atoms with E-state index in [1.807, 2.05) is 13.1 Å². The molecule has 1 aromatic heterocycles. The highest BCUT2D eigenvalue weighted by Gasteiger charge is 2.30. The highest BCUT2D eigenvalue weighted by atomic mass is 35.5. The number of anilines is 1. The Morgan fingerprint density at radius 3 is 3.00 bits per heavy atom. The van der Waals surface area contributed by atoms with E-state index in [0.717, 1.165) is 30.6 Å². The van der Waals surface area contributed by atoms with Crippen LogP contribution < -0.4 is 10.2 Å². The predicted molar refractivity (Wildman–Crippen MR) is 75.3 cm³/mol. The molecule has 0 aliphatic carbocycles. The summed E-state index contributed by atoms with van der Waals surface area (Å²) in [6, 6.07) is 2.89. The maximum absolute atomic E-state index is 5.99. The lowest BCUT2D eigenvalue weighted by Gasteiger charge is -2.23. The Labute approximate surface area is 114 Å². The fourth-order valence-corrected chi connectivity index (χ4v) is 3.31. The van der Waals surface area contributed by atoms with Gasteiger partial charge in [-0.2, -0.15) is 0 Å². The Kier molecular flexibility index (Phi) is 3.44. The van der Waals surface area contributed by atoms with E-state index in [2.05, 4.69) is 21.3 Å². The van der Waals surface area contributed by atoms with Crippen molar-refractivity contribution in [1.82, 2.24) is 10.3 Å². The summed E-state index contributed by atoms with van der Waals surface area (Å²) in [5, 5.41) is 4.25. The van der Waals surface area contributed by atoms with Crippen LogP contribution in [0.4, 0.5) is 5.69 Å². The Bertz CT molecular complexity index is 421. The molecular weight excluding hydrogens is 246 g/mol. The van der Waals surface area contributed by atoms with Gasteiger partial charge >= 0.3 is 0 Å². The number of pyridine rings is 1. The molecule has 1 aromatic rings. The van der Waals surface area contributed by atoms with E-state index in [0.29, 0.717) is 5.15 Å².